The van der Waals surface area contributed by atoms with E-state index >= 15 is 0 Å². The van der Waals surface area contributed by atoms with E-state index in [1.165, 1.54) is 25.7 Å². The maximum absolute atomic E-state index is 9.62. The van der Waals surface area contributed by atoms with Crippen LogP contribution in [0.2, 0.25) is 0 Å². The zero-order chi connectivity index (χ0) is 11.1. The van der Waals surface area contributed by atoms with Crippen LogP contribution < -0.4 is 5.32 Å². The first-order chi connectivity index (χ1) is 7.22. The van der Waals surface area contributed by atoms with E-state index in [-0.39, 0.29) is 6.10 Å². The standard InChI is InChI=1S/C13H23NO/c1-3-4-8-13(15)10-14-12-7-5-6-11(2)9-12/h1,11-15H,4-10H2,2H3. The highest BCUT2D eigenvalue weighted by molar-refractivity contribution is 4.85. The van der Waals surface area contributed by atoms with Crippen LogP contribution >= 0.6 is 0 Å². The highest BCUT2D eigenvalue weighted by Gasteiger charge is 2.18. The van der Waals surface area contributed by atoms with Crippen molar-refractivity contribution in [2.24, 2.45) is 5.92 Å². The van der Waals surface area contributed by atoms with Crippen molar-refractivity contribution in [2.45, 2.75) is 57.6 Å². The highest BCUT2D eigenvalue weighted by Crippen LogP contribution is 2.23. The van der Waals surface area contributed by atoms with Crippen LogP contribution in [0.1, 0.15) is 45.4 Å². The Labute approximate surface area is 93.5 Å². The van der Waals surface area contributed by atoms with Gasteiger partial charge in [0.15, 0.2) is 0 Å². The second kappa shape index (κ2) is 6.87. The Morgan fingerprint density at radius 3 is 3.00 bits per heavy atom. The molecule has 15 heavy (non-hydrogen) atoms. The van der Waals surface area contributed by atoms with Gasteiger partial charge in [0.05, 0.1) is 6.10 Å². The molecule has 1 aliphatic rings. The lowest BCUT2D eigenvalue weighted by molar-refractivity contribution is 0.152. The number of aliphatic hydroxyl groups is 1. The number of hydrogen-bond donors (Lipinski definition) is 2. The summed E-state index contributed by atoms with van der Waals surface area (Å²) in [5.74, 6) is 3.39. The van der Waals surface area contributed by atoms with Gasteiger partial charge in [-0.15, -0.1) is 12.3 Å². The minimum absolute atomic E-state index is 0.279. The summed E-state index contributed by atoms with van der Waals surface area (Å²) < 4.78 is 0. The molecule has 0 spiro atoms. The fraction of sp³-hybridized carbons (Fsp3) is 0.846. The molecule has 0 amide bonds. The molecular formula is C13H23NO. The molecule has 1 fully saturated rings. The minimum atomic E-state index is -0.279. The third-order valence-corrected chi connectivity index (χ3v) is 3.20. The van der Waals surface area contributed by atoms with Gasteiger partial charge < -0.3 is 10.4 Å². The number of terminal acetylenes is 1. The molecule has 0 radical (unpaired) electrons. The van der Waals surface area contributed by atoms with Crippen molar-refractivity contribution in [3.05, 3.63) is 0 Å². The average Bonchev–Trinajstić information content (AvgIpc) is 2.23. The van der Waals surface area contributed by atoms with Gasteiger partial charge >= 0.3 is 0 Å². The van der Waals surface area contributed by atoms with Crippen LogP contribution in [0.25, 0.3) is 0 Å². The fourth-order valence-corrected chi connectivity index (χ4v) is 2.27. The molecule has 0 saturated heterocycles. The molecule has 0 bridgehead atoms. The van der Waals surface area contributed by atoms with E-state index in [1.54, 1.807) is 0 Å². The second-order valence-electron chi connectivity index (χ2n) is 4.77. The van der Waals surface area contributed by atoms with Crippen LogP contribution in [0, 0.1) is 18.3 Å². The Balaban J connectivity index is 2.10. The van der Waals surface area contributed by atoms with Gasteiger partial charge in [-0.3, -0.25) is 0 Å². The molecule has 0 aromatic carbocycles. The van der Waals surface area contributed by atoms with Crippen molar-refractivity contribution < 1.29 is 5.11 Å². The quantitative estimate of drug-likeness (QED) is 0.678. The number of hydrogen-bond acceptors (Lipinski definition) is 2. The lowest BCUT2D eigenvalue weighted by atomic mass is 9.87. The molecular weight excluding hydrogens is 186 g/mol. The number of aliphatic hydroxyl groups excluding tert-OH is 1. The zero-order valence-electron chi connectivity index (χ0n) is 9.71. The zero-order valence-corrected chi connectivity index (χ0v) is 9.71. The third kappa shape index (κ3) is 5.20. The Kier molecular flexibility index (Phi) is 5.75. The van der Waals surface area contributed by atoms with E-state index in [1.807, 2.05) is 0 Å². The molecule has 0 aromatic rings. The summed E-state index contributed by atoms with van der Waals surface area (Å²) in [5, 5.41) is 13.1. The van der Waals surface area contributed by atoms with Crippen LogP contribution in [0.15, 0.2) is 0 Å². The Morgan fingerprint density at radius 1 is 1.53 bits per heavy atom. The summed E-state index contributed by atoms with van der Waals surface area (Å²) >= 11 is 0. The SMILES string of the molecule is C#CCCC(O)CNC1CCCC(C)C1. The van der Waals surface area contributed by atoms with E-state index in [2.05, 4.69) is 18.2 Å². The first kappa shape index (κ1) is 12.5. The molecule has 1 rings (SSSR count). The molecule has 3 atom stereocenters. The van der Waals surface area contributed by atoms with Gasteiger partial charge in [-0.2, -0.15) is 0 Å². The van der Waals surface area contributed by atoms with Gasteiger partial charge in [0.25, 0.3) is 0 Å². The molecule has 3 unspecified atom stereocenters. The molecule has 1 saturated carbocycles. The molecule has 2 nitrogen and oxygen atoms in total. The van der Waals surface area contributed by atoms with E-state index in [0.29, 0.717) is 25.4 Å². The van der Waals surface area contributed by atoms with Gasteiger partial charge in [0.1, 0.15) is 0 Å². The summed E-state index contributed by atoms with van der Waals surface area (Å²) in [6, 6.07) is 0.606. The number of rotatable bonds is 5. The third-order valence-electron chi connectivity index (χ3n) is 3.20. The largest absolute Gasteiger partial charge is 0.392 e. The van der Waals surface area contributed by atoms with Gasteiger partial charge in [-0.05, 0) is 25.2 Å². The van der Waals surface area contributed by atoms with Gasteiger partial charge in [0.2, 0.25) is 0 Å². The Bertz CT molecular complexity index is 209. The second-order valence-corrected chi connectivity index (χ2v) is 4.77. The predicted molar refractivity (Wildman–Crippen MR) is 63.5 cm³/mol. The number of nitrogens with one attached hydrogen (secondary N) is 1. The van der Waals surface area contributed by atoms with Crippen LogP contribution in [-0.2, 0) is 0 Å². The van der Waals surface area contributed by atoms with E-state index < -0.39 is 0 Å². The minimum Gasteiger partial charge on any atom is -0.392 e. The van der Waals surface area contributed by atoms with Gasteiger partial charge in [-0.25, -0.2) is 0 Å². The Hall–Kier alpha value is -0.520. The smallest absolute Gasteiger partial charge is 0.0673 e. The molecule has 0 aromatic heterocycles. The molecule has 86 valence electrons. The monoisotopic (exact) mass is 209 g/mol. The van der Waals surface area contributed by atoms with Crippen molar-refractivity contribution in [1.29, 1.82) is 0 Å². The van der Waals surface area contributed by atoms with E-state index in [9.17, 15) is 5.11 Å². The summed E-state index contributed by atoms with van der Waals surface area (Å²) in [6.07, 6.45) is 11.4. The van der Waals surface area contributed by atoms with Crippen molar-refractivity contribution in [3.8, 4) is 12.3 Å². The molecule has 1 aliphatic carbocycles. The summed E-state index contributed by atoms with van der Waals surface area (Å²) in [5.41, 5.74) is 0. The van der Waals surface area contributed by atoms with Crippen molar-refractivity contribution in [3.63, 3.8) is 0 Å². The molecule has 2 heteroatoms. The van der Waals surface area contributed by atoms with Crippen LogP contribution in [0.3, 0.4) is 0 Å². The topological polar surface area (TPSA) is 32.3 Å². The lowest BCUT2D eigenvalue weighted by Crippen LogP contribution is -2.38. The lowest BCUT2D eigenvalue weighted by Gasteiger charge is -2.28. The Morgan fingerprint density at radius 2 is 2.33 bits per heavy atom. The van der Waals surface area contributed by atoms with Crippen molar-refractivity contribution in [2.75, 3.05) is 6.54 Å². The first-order valence-corrected chi connectivity index (χ1v) is 6.07. The summed E-state index contributed by atoms with van der Waals surface area (Å²) in [4.78, 5) is 0. The normalized spacial score (nSPS) is 28.3. The maximum atomic E-state index is 9.62. The molecule has 0 aliphatic heterocycles. The molecule has 0 heterocycles. The van der Waals surface area contributed by atoms with Gasteiger partial charge in [0, 0.05) is 19.0 Å². The van der Waals surface area contributed by atoms with Crippen molar-refractivity contribution in [1.82, 2.24) is 5.32 Å². The molecule has 2 N–H and O–H groups in total. The van der Waals surface area contributed by atoms with Crippen molar-refractivity contribution >= 4 is 0 Å². The summed E-state index contributed by atoms with van der Waals surface area (Å²) in [7, 11) is 0. The van der Waals surface area contributed by atoms with E-state index in [4.69, 9.17) is 6.42 Å². The fourth-order valence-electron chi connectivity index (χ4n) is 2.27. The van der Waals surface area contributed by atoms with Crippen LogP contribution in [0.5, 0.6) is 0 Å². The highest BCUT2D eigenvalue weighted by atomic mass is 16.3. The van der Waals surface area contributed by atoms with Crippen LogP contribution in [-0.4, -0.2) is 23.8 Å². The maximum Gasteiger partial charge on any atom is 0.0673 e. The predicted octanol–water partition coefficient (Wildman–Crippen LogP) is 1.93. The first-order valence-electron chi connectivity index (χ1n) is 6.07. The van der Waals surface area contributed by atoms with Gasteiger partial charge in [-0.1, -0.05) is 19.8 Å². The summed E-state index contributed by atoms with van der Waals surface area (Å²) in [6.45, 7) is 3.00. The van der Waals surface area contributed by atoms with E-state index in [0.717, 1.165) is 5.92 Å². The average molecular weight is 209 g/mol. The van der Waals surface area contributed by atoms with Crippen LogP contribution in [0.4, 0.5) is 0 Å².